The number of aliphatic hydroxyl groups excluding tert-OH is 1. The first-order valence-electron chi connectivity index (χ1n) is 10.6. The van der Waals surface area contributed by atoms with Gasteiger partial charge in [-0.2, -0.15) is 0 Å². The second kappa shape index (κ2) is 8.40. The summed E-state index contributed by atoms with van der Waals surface area (Å²) in [5.74, 6) is 0.621. The number of amides is 1. The summed E-state index contributed by atoms with van der Waals surface area (Å²) >= 11 is 0. The largest absolute Gasteiger partial charge is 0.497 e. The van der Waals surface area contributed by atoms with E-state index in [1.807, 2.05) is 0 Å². The summed E-state index contributed by atoms with van der Waals surface area (Å²) in [4.78, 5) is 23.8. The van der Waals surface area contributed by atoms with Gasteiger partial charge in [0.15, 0.2) is 0 Å². The van der Waals surface area contributed by atoms with Gasteiger partial charge in [-0.05, 0) is 50.5 Å². The highest BCUT2D eigenvalue weighted by atomic mass is 16.6. The van der Waals surface area contributed by atoms with E-state index in [1.54, 1.807) is 45.2 Å². The number of aliphatic hydroxyl groups is 1. The maximum atomic E-state index is 12.7. The quantitative estimate of drug-likeness (QED) is 0.446. The van der Waals surface area contributed by atoms with Crippen LogP contribution >= 0.6 is 0 Å². The maximum Gasteiger partial charge on any atom is 0.296 e. The molecule has 1 fully saturated rings. The summed E-state index contributed by atoms with van der Waals surface area (Å²) in [6.07, 6.45) is 1.21. The van der Waals surface area contributed by atoms with Gasteiger partial charge < -0.3 is 25.2 Å². The highest BCUT2D eigenvalue weighted by Crippen LogP contribution is 2.45. The van der Waals surface area contributed by atoms with Gasteiger partial charge in [0.2, 0.25) is 5.91 Å². The van der Waals surface area contributed by atoms with E-state index in [0.29, 0.717) is 23.1 Å². The van der Waals surface area contributed by atoms with Crippen LogP contribution in [0.15, 0.2) is 36.4 Å². The molecule has 2 aromatic rings. The zero-order chi connectivity index (χ0) is 23.0. The number of benzene rings is 2. The summed E-state index contributed by atoms with van der Waals surface area (Å²) in [5.41, 5.74) is 0.230. The van der Waals surface area contributed by atoms with Crippen molar-refractivity contribution >= 4 is 17.3 Å². The molecule has 4 rings (SSSR count). The second-order valence-electron chi connectivity index (χ2n) is 8.81. The number of fused-ring (bicyclic) bond motifs is 1. The van der Waals surface area contributed by atoms with Gasteiger partial charge in [0, 0.05) is 11.6 Å². The normalized spacial score (nSPS) is 21.2. The Morgan fingerprint density at radius 1 is 1.28 bits per heavy atom. The fourth-order valence-corrected chi connectivity index (χ4v) is 3.89. The van der Waals surface area contributed by atoms with E-state index in [2.05, 4.69) is 10.6 Å². The van der Waals surface area contributed by atoms with Crippen molar-refractivity contribution in [1.82, 2.24) is 5.32 Å². The summed E-state index contributed by atoms with van der Waals surface area (Å²) in [7, 11) is 1.56. The van der Waals surface area contributed by atoms with Crippen molar-refractivity contribution in [2.75, 3.05) is 12.4 Å². The Kier molecular flexibility index (Phi) is 5.79. The lowest BCUT2D eigenvalue weighted by Gasteiger charge is -2.42. The number of carbonyl (C=O) groups excluding carboxylic acids is 1. The third-order valence-electron chi connectivity index (χ3n) is 5.85. The smallest absolute Gasteiger partial charge is 0.296 e. The van der Waals surface area contributed by atoms with Crippen molar-refractivity contribution in [1.29, 1.82) is 0 Å². The Morgan fingerprint density at radius 3 is 2.56 bits per heavy atom. The van der Waals surface area contributed by atoms with Gasteiger partial charge in [-0.15, -0.1) is 0 Å². The number of hydrogen-bond acceptors (Lipinski definition) is 7. The van der Waals surface area contributed by atoms with Gasteiger partial charge in [0.25, 0.3) is 5.69 Å². The molecule has 0 aromatic heterocycles. The van der Waals surface area contributed by atoms with E-state index < -0.39 is 22.7 Å². The number of carbonyl (C=O) groups is 1. The number of rotatable bonds is 7. The fraction of sp³-hybridized carbons (Fsp3) is 0.435. The lowest BCUT2D eigenvalue weighted by atomic mass is 9.86. The van der Waals surface area contributed by atoms with Gasteiger partial charge in [0.05, 0.1) is 30.6 Å². The van der Waals surface area contributed by atoms with E-state index in [9.17, 15) is 20.0 Å². The predicted octanol–water partition coefficient (Wildman–Crippen LogP) is 3.11. The molecule has 32 heavy (non-hydrogen) atoms. The van der Waals surface area contributed by atoms with E-state index in [1.165, 1.54) is 12.1 Å². The molecule has 1 saturated carbocycles. The van der Waals surface area contributed by atoms with E-state index in [-0.39, 0.29) is 23.7 Å². The molecular formula is C23H27N3O6. The third-order valence-corrected chi connectivity index (χ3v) is 5.85. The van der Waals surface area contributed by atoms with Gasteiger partial charge >= 0.3 is 0 Å². The molecule has 1 heterocycles. The molecule has 0 spiro atoms. The summed E-state index contributed by atoms with van der Waals surface area (Å²) in [6.45, 7) is 3.50. The predicted molar refractivity (Wildman–Crippen MR) is 118 cm³/mol. The zero-order valence-electron chi connectivity index (χ0n) is 18.3. The van der Waals surface area contributed by atoms with Gasteiger partial charge in [-0.25, -0.2) is 0 Å². The van der Waals surface area contributed by atoms with Crippen molar-refractivity contribution in [2.24, 2.45) is 0 Å². The first kappa shape index (κ1) is 22.0. The topological polar surface area (TPSA) is 123 Å². The minimum atomic E-state index is -0.924. The maximum absolute atomic E-state index is 12.7. The van der Waals surface area contributed by atoms with Crippen LogP contribution in [-0.4, -0.2) is 40.8 Å². The number of nitro benzene ring substituents is 1. The highest BCUT2D eigenvalue weighted by Gasteiger charge is 2.45. The second-order valence-corrected chi connectivity index (χ2v) is 8.81. The first-order valence-corrected chi connectivity index (χ1v) is 10.6. The number of nitro groups is 1. The van der Waals surface area contributed by atoms with Crippen LogP contribution in [0.1, 0.15) is 43.9 Å². The molecule has 2 aliphatic rings. The molecule has 2 aromatic carbocycles. The Labute approximate surface area is 185 Å². The lowest BCUT2D eigenvalue weighted by molar-refractivity contribution is -0.384. The van der Waals surface area contributed by atoms with Crippen LogP contribution in [0.3, 0.4) is 0 Å². The van der Waals surface area contributed by atoms with Crippen LogP contribution in [0.5, 0.6) is 11.5 Å². The highest BCUT2D eigenvalue weighted by molar-refractivity contribution is 5.95. The van der Waals surface area contributed by atoms with Crippen LogP contribution in [-0.2, 0) is 11.2 Å². The fourth-order valence-electron chi connectivity index (χ4n) is 3.89. The number of hydrogen-bond donors (Lipinski definition) is 3. The van der Waals surface area contributed by atoms with Crippen LogP contribution in [0.25, 0.3) is 0 Å². The molecule has 0 unspecified atom stereocenters. The van der Waals surface area contributed by atoms with Crippen LogP contribution < -0.4 is 20.1 Å². The van der Waals surface area contributed by atoms with E-state index in [0.717, 1.165) is 18.4 Å². The number of anilines is 1. The average molecular weight is 441 g/mol. The standard InChI is InChI=1S/C23H27N3O6/c1-23(2)22(28)21(24-14-6-7-14)16-11-17(18(26(29)30)12-19(16)32-23)25-20(27)10-13-4-8-15(31-3)9-5-13/h4-5,8-9,11-12,14,21-22,24,28H,6-7,10H2,1-3H3,(H,25,27)/t21-,22+/m1/s1. The molecule has 9 nitrogen and oxygen atoms in total. The first-order chi connectivity index (χ1) is 15.2. The van der Waals surface area contributed by atoms with Gasteiger partial charge in [-0.1, -0.05) is 12.1 Å². The number of ether oxygens (including phenoxy) is 2. The minimum Gasteiger partial charge on any atom is -0.497 e. The summed E-state index contributed by atoms with van der Waals surface area (Å²) < 4.78 is 11.0. The van der Waals surface area contributed by atoms with Crippen molar-refractivity contribution in [3.8, 4) is 11.5 Å². The lowest BCUT2D eigenvalue weighted by Crippen LogP contribution is -2.53. The molecule has 1 aliphatic heterocycles. The summed E-state index contributed by atoms with van der Waals surface area (Å²) in [5, 5.41) is 28.7. The Balaban J connectivity index is 1.63. The summed E-state index contributed by atoms with van der Waals surface area (Å²) in [6, 6.07) is 9.73. The molecule has 0 saturated heterocycles. The molecule has 3 N–H and O–H groups in total. The van der Waals surface area contributed by atoms with Crippen molar-refractivity contribution < 1.29 is 24.3 Å². The van der Waals surface area contributed by atoms with E-state index in [4.69, 9.17) is 9.47 Å². The number of methoxy groups -OCH3 is 1. The molecular weight excluding hydrogens is 414 g/mol. The third kappa shape index (κ3) is 4.53. The molecule has 1 amide bonds. The van der Waals surface area contributed by atoms with Crippen molar-refractivity contribution in [3.05, 3.63) is 57.6 Å². The SMILES string of the molecule is COc1ccc(CC(=O)Nc2cc3c(cc2[N+](=O)[O-])OC(C)(C)[C@@H](O)[C@@H]3NC2CC2)cc1. The molecule has 2 atom stereocenters. The Hall–Kier alpha value is -3.17. The number of nitrogens with one attached hydrogen (secondary N) is 2. The Morgan fingerprint density at radius 2 is 1.97 bits per heavy atom. The van der Waals surface area contributed by atoms with Gasteiger partial charge in [-0.3, -0.25) is 14.9 Å². The average Bonchev–Trinajstić information content (AvgIpc) is 3.56. The molecule has 170 valence electrons. The van der Waals surface area contributed by atoms with E-state index >= 15 is 0 Å². The van der Waals surface area contributed by atoms with Gasteiger partial charge in [0.1, 0.15) is 28.9 Å². The molecule has 0 bridgehead atoms. The monoisotopic (exact) mass is 441 g/mol. The van der Waals surface area contributed by atoms with Crippen molar-refractivity contribution in [3.63, 3.8) is 0 Å². The molecule has 0 radical (unpaired) electrons. The van der Waals surface area contributed by atoms with Crippen LogP contribution in [0.4, 0.5) is 11.4 Å². The molecule has 9 heteroatoms. The van der Waals surface area contributed by atoms with Crippen LogP contribution in [0.2, 0.25) is 0 Å². The number of nitrogens with zero attached hydrogens (tertiary/aromatic N) is 1. The Bertz CT molecular complexity index is 1030. The van der Waals surface area contributed by atoms with Crippen molar-refractivity contribution in [2.45, 2.75) is 56.9 Å². The minimum absolute atomic E-state index is 0.0497. The zero-order valence-corrected chi connectivity index (χ0v) is 18.3. The molecule has 1 aliphatic carbocycles. The van der Waals surface area contributed by atoms with Crippen LogP contribution in [0, 0.1) is 10.1 Å².